The highest BCUT2D eigenvalue weighted by Gasteiger charge is 2.24. The smallest absolute Gasteiger partial charge is 0.255 e. The van der Waals surface area contributed by atoms with E-state index < -0.39 is 0 Å². The molecule has 0 saturated heterocycles. The third-order valence-corrected chi connectivity index (χ3v) is 5.43. The minimum absolute atomic E-state index is 0.0400. The van der Waals surface area contributed by atoms with E-state index in [1.807, 2.05) is 57.2 Å². The van der Waals surface area contributed by atoms with Gasteiger partial charge in [-0.05, 0) is 61.7 Å². The number of anilines is 2. The van der Waals surface area contributed by atoms with Gasteiger partial charge in [-0.2, -0.15) is 0 Å². The van der Waals surface area contributed by atoms with Crippen molar-refractivity contribution in [3.05, 3.63) is 59.2 Å². The lowest BCUT2D eigenvalue weighted by molar-refractivity contribution is -0.131. The number of fused-ring (bicyclic) bond motifs is 1. The van der Waals surface area contributed by atoms with Crippen LogP contribution in [0.15, 0.2) is 42.5 Å². The zero-order valence-electron chi connectivity index (χ0n) is 18.1. The molecule has 158 valence electrons. The third-order valence-electron chi connectivity index (χ3n) is 5.43. The first-order valence-electron chi connectivity index (χ1n) is 10.4. The average molecular weight is 408 g/mol. The van der Waals surface area contributed by atoms with Crippen molar-refractivity contribution < 1.29 is 14.4 Å². The van der Waals surface area contributed by atoms with Gasteiger partial charge in [0.05, 0.1) is 0 Å². The lowest BCUT2D eigenvalue weighted by Gasteiger charge is -2.25. The van der Waals surface area contributed by atoms with Crippen molar-refractivity contribution in [3.8, 4) is 0 Å². The summed E-state index contributed by atoms with van der Waals surface area (Å²) >= 11 is 0. The van der Waals surface area contributed by atoms with E-state index in [2.05, 4.69) is 5.32 Å². The fourth-order valence-corrected chi connectivity index (χ4v) is 3.74. The molecule has 0 aliphatic carbocycles. The molecule has 1 N–H and O–H groups in total. The molecule has 6 heteroatoms. The topological polar surface area (TPSA) is 69.7 Å². The van der Waals surface area contributed by atoms with E-state index in [4.69, 9.17) is 0 Å². The molecule has 2 aromatic rings. The third kappa shape index (κ3) is 4.70. The zero-order valence-corrected chi connectivity index (χ0v) is 18.1. The van der Waals surface area contributed by atoms with Crippen LogP contribution in [0.25, 0.3) is 0 Å². The Bertz CT molecular complexity index is 951. The number of hydrogen-bond acceptors (Lipinski definition) is 3. The lowest BCUT2D eigenvalue weighted by atomic mass is 10.1. The van der Waals surface area contributed by atoms with Crippen LogP contribution in [0.1, 0.15) is 55.6 Å². The zero-order chi connectivity index (χ0) is 21.8. The largest absolute Gasteiger partial charge is 0.336 e. The molecular weight excluding hydrogens is 378 g/mol. The predicted octanol–water partition coefficient (Wildman–Crippen LogP) is 3.99. The van der Waals surface area contributed by atoms with Crippen molar-refractivity contribution in [1.82, 2.24) is 4.90 Å². The van der Waals surface area contributed by atoms with Gasteiger partial charge in [0.25, 0.3) is 5.91 Å². The number of benzene rings is 2. The number of carbonyl (C=O) groups is 3. The Morgan fingerprint density at radius 3 is 2.40 bits per heavy atom. The van der Waals surface area contributed by atoms with E-state index in [0.717, 1.165) is 23.2 Å². The summed E-state index contributed by atoms with van der Waals surface area (Å²) in [5, 5.41) is 2.92. The van der Waals surface area contributed by atoms with E-state index in [-0.39, 0.29) is 23.8 Å². The number of hydrogen-bond donors (Lipinski definition) is 1. The summed E-state index contributed by atoms with van der Waals surface area (Å²) < 4.78 is 0. The van der Waals surface area contributed by atoms with Crippen LogP contribution in [0, 0.1) is 0 Å². The Kier molecular flexibility index (Phi) is 6.55. The summed E-state index contributed by atoms with van der Waals surface area (Å²) in [5.74, 6) is -0.0385. The number of nitrogens with zero attached hydrogens (tertiary/aromatic N) is 2. The van der Waals surface area contributed by atoms with E-state index >= 15 is 0 Å². The first kappa shape index (κ1) is 21.6. The highest BCUT2D eigenvalue weighted by Crippen LogP contribution is 2.29. The second-order valence-electron chi connectivity index (χ2n) is 7.88. The highest BCUT2D eigenvalue weighted by molar-refractivity contribution is 6.05. The Balaban J connectivity index is 1.67. The van der Waals surface area contributed by atoms with Crippen molar-refractivity contribution in [2.45, 2.75) is 53.1 Å². The maximum atomic E-state index is 12.7. The number of amides is 3. The van der Waals surface area contributed by atoms with Crippen LogP contribution in [0.4, 0.5) is 11.4 Å². The monoisotopic (exact) mass is 407 g/mol. The van der Waals surface area contributed by atoms with Crippen molar-refractivity contribution >= 4 is 29.1 Å². The molecule has 3 amide bonds. The average Bonchev–Trinajstić information content (AvgIpc) is 3.15. The molecule has 0 bridgehead atoms. The van der Waals surface area contributed by atoms with Gasteiger partial charge in [0.2, 0.25) is 11.8 Å². The molecular formula is C24H29N3O3. The van der Waals surface area contributed by atoms with Crippen molar-refractivity contribution in [2.75, 3.05) is 16.8 Å². The quantitative estimate of drug-likeness (QED) is 0.787. The number of nitrogens with one attached hydrogen (secondary N) is 1. The molecule has 1 aliphatic heterocycles. The summed E-state index contributed by atoms with van der Waals surface area (Å²) in [4.78, 5) is 40.1. The molecule has 0 unspecified atom stereocenters. The van der Waals surface area contributed by atoms with E-state index in [1.54, 1.807) is 22.8 Å². The van der Waals surface area contributed by atoms with Crippen LogP contribution in [0.2, 0.25) is 0 Å². The van der Waals surface area contributed by atoms with Gasteiger partial charge in [0.1, 0.15) is 0 Å². The Morgan fingerprint density at radius 2 is 1.80 bits per heavy atom. The Labute approximate surface area is 177 Å². The van der Waals surface area contributed by atoms with Crippen LogP contribution in [0.3, 0.4) is 0 Å². The van der Waals surface area contributed by atoms with E-state index in [9.17, 15) is 14.4 Å². The predicted molar refractivity (Wildman–Crippen MR) is 119 cm³/mol. The minimum Gasteiger partial charge on any atom is -0.336 e. The summed E-state index contributed by atoms with van der Waals surface area (Å²) in [6.45, 7) is 8.62. The van der Waals surface area contributed by atoms with Gasteiger partial charge in [-0.15, -0.1) is 0 Å². The van der Waals surface area contributed by atoms with Gasteiger partial charge < -0.3 is 15.1 Å². The van der Waals surface area contributed by atoms with E-state index in [0.29, 0.717) is 30.8 Å². The van der Waals surface area contributed by atoms with Crippen LogP contribution in [0.5, 0.6) is 0 Å². The molecule has 0 radical (unpaired) electrons. The molecule has 0 spiro atoms. The first-order chi connectivity index (χ1) is 14.3. The highest BCUT2D eigenvalue weighted by atomic mass is 16.2. The number of carbonyl (C=O) groups excluding carboxylic acids is 3. The van der Waals surface area contributed by atoms with Gasteiger partial charge in [-0.1, -0.05) is 19.1 Å². The number of rotatable bonds is 6. The SMILES string of the molecule is CCC(=O)N1CCc2cc(C(=O)Nc3ccc(CN(C(C)=O)C(C)C)cc3)ccc21. The van der Waals surface area contributed by atoms with Gasteiger partial charge in [-0.3, -0.25) is 14.4 Å². The Hall–Kier alpha value is -3.15. The molecule has 3 rings (SSSR count). The van der Waals surface area contributed by atoms with Crippen LogP contribution in [-0.2, 0) is 22.6 Å². The molecule has 2 aromatic carbocycles. The van der Waals surface area contributed by atoms with Gasteiger partial charge in [0, 0.05) is 49.4 Å². The fourth-order valence-electron chi connectivity index (χ4n) is 3.74. The maximum Gasteiger partial charge on any atom is 0.255 e. The summed E-state index contributed by atoms with van der Waals surface area (Å²) in [6, 6.07) is 13.2. The first-order valence-corrected chi connectivity index (χ1v) is 10.4. The molecule has 0 atom stereocenters. The molecule has 0 saturated carbocycles. The van der Waals surface area contributed by atoms with Gasteiger partial charge in [0.15, 0.2) is 0 Å². The van der Waals surface area contributed by atoms with Crippen molar-refractivity contribution in [3.63, 3.8) is 0 Å². The van der Waals surface area contributed by atoms with Crippen LogP contribution >= 0.6 is 0 Å². The fraction of sp³-hybridized carbons (Fsp3) is 0.375. The lowest BCUT2D eigenvalue weighted by Crippen LogP contribution is -2.34. The Morgan fingerprint density at radius 1 is 1.10 bits per heavy atom. The summed E-state index contributed by atoms with van der Waals surface area (Å²) in [7, 11) is 0. The normalized spacial score (nSPS) is 12.6. The summed E-state index contributed by atoms with van der Waals surface area (Å²) in [6.07, 6.45) is 1.23. The second-order valence-corrected chi connectivity index (χ2v) is 7.88. The van der Waals surface area contributed by atoms with Crippen LogP contribution < -0.4 is 10.2 Å². The molecule has 6 nitrogen and oxygen atoms in total. The molecule has 0 fully saturated rings. The van der Waals surface area contributed by atoms with Crippen LogP contribution in [-0.4, -0.2) is 35.2 Å². The molecule has 1 heterocycles. The van der Waals surface area contributed by atoms with Crippen molar-refractivity contribution in [1.29, 1.82) is 0 Å². The van der Waals surface area contributed by atoms with E-state index in [1.165, 1.54) is 0 Å². The molecule has 0 aromatic heterocycles. The maximum absolute atomic E-state index is 12.7. The second kappa shape index (κ2) is 9.11. The standard InChI is InChI=1S/C24H29N3O3/c1-5-23(29)26-13-12-19-14-20(8-11-22(19)26)24(30)25-21-9-6-18(7-10-21)15-27(16(2)3)17(4)28/h6-11,14,16H,5,12-13,15H2,1-4H3,(H,25,30). The molecule has 1 aliphatic rings. The van der Waals surface area contributed by atoms with Gasteiger partial charge in [-0.25, -0.2) is 0 Å². The minimum atomic E-state index is -0.182. The van der Waals surface area contributed by atoms with Gasteiger partial charge >= 0.3 is 0 Å². The molecule has 30 heavy (non-hydrogen) atoms. The summed E-state index contributed by atoms with van der Waals surface area (Å²) in [5.41, 5.74) is 4.22. The van der Waals surface area contributed by atoms with Crippen molar-refractivity contribution in [2.24, 2.45) is 0 Å².